The summed E-state index contributed by atoms with van der Waals surface area (Å²) in [4.78, 5) is 0. The Balaban J connectivity index is 1.42. The van der Waals surface area contributed by atoms with Crippen LogP contribution in [0, 0.1) is 0 Å². The fraction of sp³-hybridized carbons (Fsp3) is 0.800. The second-order valence-corrected chi connectivity index (χ2v) is 16.6. The van der Waals surface area contributed by atoms with E-state index in [1.165, 1.54) is 244 Å². The quantitative estimate of drug-likeness (QED) is 0.0480. The topological polar surface area (TPSA) is 7.76 Å². The van der Waals surface area contributed by atoms with Crippen LogP contribution in [0.4, 0.5) is 0 Å². The second kappa shape index (κ2) is 36.3. The van der Waals surface area contributed by atoms with Crippen molar-refractivity contribution in [3.8, 4) is 0 Å². The molecule has 0 radical (unpaired) electrons. The number of aryl methyl sites for hydroxylation is 4. The monoisotopic (exact) mass is 719 g/mol. The summed E-state index contributed by atoms with van der Waals surface area (Å²) >= 11 is 0. The highest BCUT2D eigenvalue weighted by Gasteiger charge is 2.11. The van der Waals surface area contributed by atoms with Crippen molar-refractivity contribution < 1.29 is 9.13 Å². The molecule has 2 aromatic rings. The van der Waals surface area contributed by atoms with Gasteiger partial charge in [-0.25, -0.2) is 9.13 Å². The Morgan fingerprint density at radius 2 is 0.538 bits per heavy atom. The average Bonchev–Trinajstić information content (AvgIpc) is 3.17. The normalized spacial score (nSPS) is 11.5. The van der Waals surface area contributed by atoms with E-state index in [2.05, 4.69) is 71.8 Å². The van der Waals surface area contributed by atoms with Crippen LogP contribution >= 0.6 is 0 Å². The van der Waals surface area contributed by atoms with Crippen molar-refractivity contribution >= 4 is 0 Å². The maximum absolute atomic E-state index is 2.55. The van der Waals surface area contributed by atoms with Crippen LogP contribution in [-0.2, 0) is 25.9 Å². The van der Waals surface area contributed by atoms with Gasteiger partial charge >= 0.3 is 0 Å². The molecule has 52 heavy (non-hydrogen) atoms. The van der Waals surface area contributed by atoms with E-state index in [4.69, 9.17) is 0 Å². The van der Waals surface area contributed by atoms with Gasteiger partial charge < -0.3 is 0 Å². The number of hydrogen-bond donors (Lipinski definition) is 0. The van der Waals surface area contributed by atoms with Gasteiger partial charge in [0.25, 0.3) is 0 Å². The summed E-state index contributed by atoms with van der Waals surface area (Å²) in [6, 6.07) is 13.7. The molecule has 0 amide bonds. The molecule has 0 saturated heterocycles. The fourth-order valence-electron chi connectivity index (χ4n) is 8.19. The van der Waals surface area contributed by atoms with Gasteiger partial charge in [-0.15, -0.1) is 0 Å². The van der Waals surface area contributed by atoms with Crippen LogP contribution in [0.5, 0.6) is 0 Å². The number of unbranched alkanes of at least 4 members (excludes halogenated alkanes) is 31. The maximum Gasteiger partial charge on any atom is 0.181 e. The third kappa shape index (κ3) is 27.0. The molecule has 0 atom stereocenters. The van der Waals surface area contributed by atoms with E-state index in [0.717, 1.165) is 0 Å². The minimum Gasteiger partial charge on any atom is -0.202 e. The van der Waals surface area contributed by atoms with Crippen LogP contribution in [0.15, 0.2) is 48.8 Å². The highest BCUT2D eigenvalue weighted by atomic mass is 15.0. The molecule has 0 unspecified atom stereocenters. The molecule has 2 heterocycles. The molecule has 298 valence electrons. The molecule has 2 aromatic heterocycles. The van der Waals surface area contributed by atoms with Crippen LogP contribution in [0.1, 0.15) is 244 Å². The molecule has 0 fully saturated rings. The standard InChI is InChI=1S/C50H90N2/c1-3-5-7-9-11-13-15-17-19-21-23-27-31-37-45-51-47-39-35-43-49(51)41-33-29-25-26-30-34-42-50-44-36-40-48-52(50)46-38-32-28-24-22-20-18-16-14-12-10-8-6-4-2/h35-36,39-40,43-44,47-48H,3-34,37-38,41-42,45-46H2,1-2H3/q+2. The molecule has 0 aliphatic carbocycles. The first-order valence-electron chi connectivity index (χ1n) is 23.8. The second-order valence-electron chi connectivity index (χ2n) is 16.6. The Bertz CT molecular complexity index is 933. The van der Waals surface area contributed by atoms with Gasteiger partial charge in [0.05, 0.1) is 0 Å². The Morgan fingerprint density at radius 3 is 0.827 bits per heavy atom. The minimum atomic E-state index is 1.20. The van der Waals surface area contributed by atoms with Gasteiger partial charge in [-0.3, -0.25) is 0 Å². The number of nitrogens with zero attached hydrogens (tertiary/aromatic N) is 2. The van der Waals surface area contributed by atoms with Crippen molar-refractivity contribution in [1.29, 1.82) is 0 Å². The minimum absolute atomic E-state index is 1.20. The SMILES string of the molecule is CCCCCCCCCCCCCCCC[n+]1ccccc1CCCCCCCCc1cccc[n+]1CCCCCCCCCCCCCCCC. The lowest BCUT2D eigenvalue weighted by Gasteiger charge is -2.06. The van der Waals surface area contributed by atoms with Gasteiger partial charge in [0.2, 0.25) is 0 Å². The Kier molecular flexibility index (Phi) is 32.4. The molecule has 0 bridgehead atoms. The van der Waals surface area contributed by atoms with Gasteiger partial charge in [0, 0.05) is 49.9 Å². The molecule has 2 heteroatoms. The van der Waals surface area contributed by atoms with E-state index >= 15 is 0 Å². The highest BCUT2D eigenvalue weighted by Crippen LogP contribution is 2.15. The van der Waals surface area contributed by atoms with Crippen LogP contribution in [-0.4, -0.2) is 0 Å². The van der Waals surface area contributed by atoms with Gasteiger partial charge in [0.15, 0.2) is 23.8 Å². The molecule has 0 aromatic carbocycles. The molecular weight excluding hydrogens is 629 g/mol. The Morgan fingerprint density at radius 1 is 0.288 bits per heavy atom. The number of pyridine rings is 2. The van der Waals surface area contributed by atoms with Crippen LogP contribution in [0.2, 0.25) is 0 Å². The molecule has 0 N–H and O–H groups in total. The van der Waals surface area contributed by atoms with E-state index in [0.29, 0.717) is 0 Å². The van der Waals surface area contributed by atoms with Gasteiger partial charge in [-0.2, -0.15) is 0 Å². The van der Waals surface area contributed by atoms with Crippen molar-refractivity contribution in [3.05, 3.63) is 60.2 Å². The summed E-state index contributed by atoms with van der Waals surface area (Å²) in [7, 11) is 0. The van der Waals surface area contributed by atoms with Gasteiger partial charge in [-0.1, -0.05) is 206 Å². The summed E-state index contributed by atoms with van der Waals surface area (Å²) < 4.78 is 5.10. The summed E-state index contributed by atoms with van der Waals surface area (Å²) in [5.41, 5.74) is 3.09. The van der Waals surface area contributed by atoms with Crippen molar-refractivity contribution in [3.63, 3.8) is 0 Å². The highest BCUT2D eigenvalue weighted by molar-refractivity contribution is 4.98. The molecule has 0 spiro atoms. The van der Waals surface area contributed by atoms with Crippen molar-refractivity contribution in [2.75, 3.05) is 0 Å². The zero-order chi connectivity index (χ0) is 36.8. The fourth-order valence-corrected chi connectivity index (χ4v) is 8.19. The first-order valence-corrected chi connectivity index (χ1v) is 23.8. The molecular formula is C50H90N2+2. The van der Waals surface area contributed by atoms with Crippen LogP contribution in [0.3, 0.4) is 0 Å². The molecule has 0 aliphatic rings. The van der Waals surface area contributed by atoms with Crippen molar-refractivity contribution in [2.45, 2.75) is 258 Å². The predicted molar refractivity (Wildman–Crippen MR) is 229 cm³/mol. The first-order chi connectivity index (χ1) is 25.8. The summed E-state index contributed by atoms with van der Waals surface area (Å²) in [5.74, 6) is 0. The lowest BCUT2D eigenvalue weighted by molar-refractivity contribution is -0.704. The average molecular weight is 719 g/mol. The summed E-state index contributed by atoms with van der Waals surface area (Å²) in [6.07, 6.45) is 55.4. The molecule has 0 saturated carbocycles. The van der Waals surface area contributed by atoms with Gasteiger partial charge in [-0.05, 0) is 25.7 Å². The zero-order valence-electron chi connectivity index (χ0n) is 35.4. The number of aromatic nitrogens is 2. The lowest BCUT2D eigenvalue weighted by Crippen LogP contribution is -2.38. The third-order valence-electron chi connectivity index (χ3n) is 11.7. The van der Waals surface area contributed by atoms with Crippen LogP contribution < -0.4 is 9.13 Å². The number of rotatable bonds is 39. The summed E-state index contributed by atoms with van der Waals surface area (Å²) in [5, 5.41) is 0. The van der Waals surface area contributed by atoms with E-state index < -0.39 is 0 Å². The largest absolute Gasteiger partial charge is 0.202 e. The summed E-state index contributed by atoms with van der Waals surface area (Å²) in [6.45, 7) is 7.02. The molecule has 0 aliphatic heterocycles. The van der Waals surface area contributed by atoms with Crippen LogP contribution in [0.25, 0.3) is 0 Å². The number of hydrogen-bond acceptors (Lipinski definition) is 0. The van der Waals surface area contributed by atoms with E-state index in [1.54, 1.807) is 11.4 Å². The predicted octanol–water partition coefficient (Wildman–Crippen LogP) is 15.3. The van der Waals surface area contributed by atoms with Gasteiger partial charge in [0.1, 0.15) is 13.1 Å². The van der Waals surface area contributed by atoms with E-state index in [9.17, 15) is 0 Å². The zero-order valence-corrected chi connectivity index (χ0v) is 35.4. The van der Waals surface area contributed by atoms with Crippen molar-refractivity contribution in [1.82, 2.24) is 0 Å². The first kappa shape index (κ1) is 46.5. The lowest BCUT2D eigenvalue weighted by atomic mass is 10.0. The Hall–Kier alpha value is -1.70. The van der Waals surface area contributed by atoms with Crippen molar-refractivity contribution in [2.24, 2.45) is 0 Å². The third-order valence-corrected chi connectivity index (χ3v) is 11.7. The Labute approximate surface area is 326 Å². The molecule has 2 nitrogen and oxygen atoms in total. The molecule has 2 rings (SSSR count). The van der Waals surface area contributed by atoms with E-state index in [1.807, 2.05) is 0 Å². The maximum atomic E-state index is 2.55. The smallest absolute Gasteiger partial charge is 0.181 e. The van der Waals surface area contributed by atoms with E-state index in [-0.39, 0.29) is 0 Å².